The van der Waals surface area contributed by atoms with Crippen LogP contribution in [-0.4, -0.2) is 16.0 Å². The highest BCUT2D eigenvalue weighted by Crippen LogP contribution is 2.22. The number of hydrogen-bond donors (Lipinski definition) is 2. The van der Waals surface area contributed by atoms with Crippen molar-refractivity contribution in [2.45, 2.75) is 26.8 Å². The first-order chi connectivity index (χ1) is 8.99. The Kier molecular flexibility index (Phi) is 3.85. The smallest absolute Gasteiger partial charge is 0.252 e. The molecule has 1 aromatic heterocycles. The number of benzene rings is 1. The van der Waals surface area contributed by atoms with Gasteiger partial charge in [-0.1, -0.05) is 6.07 Å². The molecule has 100 valence electrons. The summed E-state index contributed by atoms with van der Waals surface area (Å²) < 4.78 is 0. The highest BCUT2D eigenvalue weighted by atomic mass is 32.1. The normalized spacial score (nSPS) is 12.2. The van der Waals surface area contributed by atoms with Crippen molar-refractivity contribution in [3.8, 4) is 5.75 Å². The van der Waals surface area contributed by atoms with Gasteiger partial charge in [0, 0.05) is 22.2 Å². The van der Waals surface area contributed by atoms with Crippen molar-refractivity contribution in [3.63, 3.8) is 0 Å². The van der Waals surface area contributed by atoms with Gasteiger partial charge in [0.1, 0.15) is 10.8 Å². The summed E-state index contributed by atoms with van der Waals surface area (Å²) in [5.41, 5.74) is 1.07. The summed E-state index contributed by atoms with van der Waals surface area (Å²) in [6.07, 6.45) is 1.79. The number of thiazole rings is 1. The lowest BCUT2D eigenvalue weighted by atomic mass is 10.1. The van der Waals surface area contributed by atoms with Gasteiger partial charge in [0.05, 0.1) is 6.04 Å². The molecule has 2 N–H and O–H groups in total. The third kappa shape index (κ3) is 2.93. The minimum atomic E-state index is -0.200. The molecule has 0 radical (unpaired) electrons. The second-order valence-corrected chi connectivity index (χ2v) is 5.72. The maximum atomic E-state index is 12.2. The number of phenolic OH excluding ortho intramolecular Hbond substituents is 1. The Morgan fingerprint density at radius 2 is 2.16 bits per heavy atom. The zero-order chi connectivity index (χ0) is 14.0. The largest absolute Gasteiger partial charge is 0.508 e. The first-order valence-electron chi connectivity index (χ1n) is 6.01. The third-order valence-corrected chi connectivity index (χ3v) is 4.00. The summed E-state index contributed by atoms with van der Waals surface area (Å²) >= 11 is 1.57. The molecular formula is C14H16N2O2S. The number of carbonyl (C=O) groups excluding carboxylic acids is 1. The van der Waals surface area contributed by atoms with Crippen LogP contribution >= 0.6 is 11.3 Å². The summed E-state index contributed by atoms with van der Waals surface area (Å²) in [4.78, 5) is 17.5. The number of amides is 1. The first kappa shape index (κ1) is 13.5. The maximum absolute atomic E-state index is 12.2. The Bertz CT molecular complexity index is 607. The average Bonchev–Trinajstić information content (AvgIpc) is 2.79. The van der Waals surface area contributed by atoms with Gasteiger partial charge in [0.15, 0.2) is 0 Å². The average molecular weight is 276 g/mol. The molecule has 0 spiro atoms. The van der Waals surface area contributed by atoms with Gasteiger partial charge in [-0.15, -0.1) is 11.3 Å². The highest BCUT2D eigenvalue weighted by Gasteiger charge is 2.16. The molecule has 19 heavy (non-hydrogen) atoms. The fraction of sp³-hybridized carbons (Fsp3) is 0.286. The first-order valence-corrected chi connectivity index (χ1v) is 6.82. The van der Waals surface area contributed by atoms with Crippen molar-refractivity contribution >= 4 is 17.2 Å². The molecule has 1 unspecified atom stereocenters. The van der Waals surface area contributed by atoms with Gasteiger partial charge in [-0.25, -0.2) is 4.98 Å². The second kappa shape index (κ2) is 5.40. The second-order valence-electron chi connectivity index (χ2n) is 4.45. The number of aromatic nitrogens is 1. The molecular weight excluding hydrogens is 260 g/mol. The minimum absolute atomic E-state index is 0.130. The van der Waals surface area contributed by atoms with Crippen molar-refractivity contribution < 1.29 is 9.90 Å². The quantitative estimate of drug-likeness (QED) is 0.906. The summed E-state index contributed by atoms with van der Waals surface area (Å²) in [6, 6.07) is 4.78. The summed E-state index contributed by atoms with van der Waals surface area (Å²) in [5, 5.41) is 13.4. The zero-order valence-electron chi connectivity index (χ0n) is 11.1. The van der Waals surface area contributed by atoms with Gasteiger partial charge in [0.2, 0.25) is 0 Å². The predicted molar refractivity (Wildman–Crippen MR) is 75.6 cm³/mol. The third-order valence-electron chi connectivity index (χ3n) is 2.91. The number of aromatic hydroxyl groups is 1. The predicted octanol–water partition coefficient (Wildman–Crippen LogP) is 2.96. The molecule has 0 aliphatic rings. The molecule has 0 saturated heterocycles. The van der Waals surface area contributed by atoms with E-state index in [9.17, 15) is 9.90 Å². The van der Waals surface area contributed by atoms with E-state index in [2.05, 4.69) is 10.3 Å². The lowest BCUT2D eigenvalue weighted by Gasteiger charge is -2.13. The van der Waals surface area contributed by atoms with Crippen LogP contribution in [0.15, 0.2) is 24.4 Å². The number of nitrogens with zero attached hydrogens (tertiary/aromatic N) is 1. The maximum Gasteiger partial charge on any atom is 0.252 e. The number of rotatable bonds is 3. The van der Waals surface area contributed by atoms with E-state index < -0.39 is 0 Å². The molecule has 5 heteroatoms. The van der Waals surface area contributed by atoms with Crippen LogP contribution in [0.5, 0.6) is 5.75 Å². The molecule has 0 bridgehead atoms. The lowest BCUT2D eigenvalue weighted by Crippen LogP contribution is -2.27. The minimum Gasteiger partial charge on any atom is -0.508 e. The topological polar surface area (TPSA) is 62.2 Å². The SMILES string of the molecule is Cc1cnc(C(C)NC(=O)c2cccc(O)c2C)s1. The molecule has 0 saturated carbocycles. The highest BCUT2D eigenvalue weighted by molar-refractivity contribution is 7.11. The van der Waals surface area contributed by atoms with Crippen LogP contribution in [0.1, 0.15) is 38.8 Å². The zero-order valence-corrected chi connectivity index (χ0v) is 11.9. The Hall–Kier alpha value is -1.88. The number of aryl methyl sites for hydroxylation is 1. The Morgan fingerprint density at radius 3 is 2.79 bits per heavy atom. The van der Waals surface area contributed by atoms with Crippen LogP contribution in [0, 0.1) is 13.8 Å². The van der Waals surface area contributed by atoms with Crippen molar-refractivity contribution in [1.29, 1.82) is 0 Å². The van der Waals surface area contributed by atoms with Crippen LogP contribution < -0.4 is 5.32 Å². The fourth-order valence-corrected chi connectivity index (χ4v) is 2.55. The van der Waals surface area contributed by atoms with Gasteiger partial charge in [-0.2, -0.15) is 0 Å². The molecule has 2 rings (SSSR count). The summed E-state index contributed by atoms with van der Waals surface area (Å²) in [5.74, 6) is -0.0702. The van der Waals surface area contributed by atoms with E-state index in [1.54, 1.807) is 42.7 Å². The van der Waals surface area contributed by atoms with Gasteiger partial charge in [-0.05, 0) is 32.9 Å². The molecule has 1 atom stereocenters. The van der Waals surface area contributed by atoms with Crippen molar-refractivity contribution in [2.75, 3.05) is 0 Å². The fourth-order valence-electron chi connectivity index (χ4n) is 1.78. The Balaban J connectivity index is 2.15. The van der Waals surface area contributed by atoms with Gasteiger partial charge in [-0.3, -0.25) is 4.79 Å². The van der Waals surface area contributed by atoms with Gasteiger partial charge < -0.3 is 10.4 Å². The molecule has 1 amide bonds. The van der Waals surface area contributed by atoms with E-state index in [1.165, 1.54) is 0 Å². The number of carbonyl (C=O) groups is 1. The molecule has 2 aromatic rings. The van der Waals surface area contributed by atoms with E-state index in [4.69, 9.17) is 0 Å². The van der Waals surface area contributed by atoms with Crippen LogP contribution in [0.25, 0.3) is 0 Å². The number of nitrogens with one attached hydrogen (secondary N) is 1. The molecule has 0 fully saturated rings. The Labute approximate surface area is 116 Å². The van der Waals surface area contributed by atoms with Gasteiger partial charge in [0.25, 0.3) is 5.91 Å². The van der Waals surface area contributed by atoms with E-state index in [0.717, 1.165) is 9.88 Å². The van der Waals surface area contributed by atoms with Crippen molar-refractivity contribution in [2.24, 2.45) is 0 Å². The summed E-state index contributed by atoms with van der Waals surface area (Å²) in [7, 11) is 0. The van der Waals surface area contributed by atoms with Crippen molar-refractivity contribution in [3.05, 3.63) is 45.4 Å². The van der Waals surface area contributed by atoms with Crippen LogP contribution in [-0.2, 0) is 0 Å². The van der Waals surface area contributed by atoms with Crippen LogP contribution in [0.4, 0.5) is 0 Å². The molecule has 1 aromatic carbocycles. The monoisotopic (exact) mass is 276 g/mol. The van der Waals surface area contributed by atoms with Gasteiger partial charge >= 0.3 is 0 Å². The standard InChI is InChI=1S/C14H16N2O2S/c1-8-7-15-14(19-8)10(3)16-13(18)11-5-4-6-12(17)9(11)2/h4-7,10,17H,1-3H3,(H,16,18). The van der Waals surface area contributed by atoms with E-state index in [-0.39, 0.29) is 17.7 Å². The Morgan fingerprint density at radius 1 is 1.42 bits per heavy atom. The molecule has 4 nitrogen and oxygen atoms in total. The molecule has 0 aliphatic heterocycles. The summed E-state index contributed by atoms with van der Waals surface area (Å²) in [6.45, 7) is 5.60. The van der Waals surface area contributed by atoms with E-state index in [0.29, 0.717) is 11.1 Å². The van der Waals surface area contributed by atoms with Crippen LogP contribution in [0.2, 0.25) is 0 Å². The number of phenols is 1. The number of hydrogen-bond acceptors (Lipinski definition) is 4. The molecule has 1 heterocycles. The molecule has 0 aliphatic carbocycles. The van der Waals surface area contributed by atoms with Crippen molar-refractivity contribution in [1.82, 2.24) is 10.3 Å². The lowest BCUT2D eigenvalue weighted by molar-refractivity contribution is 0.0938. The van der Waals surface area contributed by atoms with Crippen LogP contribution in [0.3, 0.4) is 0 Å². The van der Waals surface area contributed by atoms with E-state index in [1.807, 2.05) is 13.8 Å². The van der Waals surface area contributed by atoms with E-state index >= 15 is 0 Å².